The number of hydrogen-bond acceptors (Lipinski definition) is 2. The smallest absolute Gasteiger partial charge is 0.253 e. The second-order valence-electron chi connectivity index (χ2n) is 1.63. The van der Waals surface area contributed by atoms with Crippen LogP contribution >= 0.6 is 0 Å². The van der Waals surface area contributed by atoms with Crippen LogP contribution in [0.3, 0.4) is 0 Å². The lowest BCUT2D eigenvalue weighted by Crippen LogP contribution is -1.99. The summed E-state index contributed by atoms with van der Waals surface area (Å²) >= 11 is 0. The van der Waals surface area contributed by atoms with E-state index >= 15 is 0 Å². The Morgan fingerprint density at radius 1 is 1.30 bits per heavy atom. The monoisotopic (exact) mass is 148 g/mol. The third-order valence-electron chi connectivity index (χ3n) is 0.893. The molecular weight excluding hydrogens is 145 g/mol. The maximum atomic E-state index is 12.1. The Kier molecular flexibility index (Phi) is 1.48. The average molecular weight is 148 g/mol. The average Bonchev–Trinajstić information content (AvgIpc) is 1.82. The standard InChI is InChI=1S/C5H3F3N2/c6-2-1-3(9)10-5(8)4(2)7/h1H,(H2,9,10). The van der Waals surface area contributed by atoms with Crippen molar-refractivity contribution in [2.45, 2.75) is 0 Å². The Hall–Kier alpha value is -1.26. The van der Waals surface area contributed by atoms with Crippen molar-refractivity contribution in [2.75, 3.05) is 5.73 Å². The van der Waals surface area contributed by atoms with E-state index in [9.17, 15) is 13.2 Å². The zero-order chi connectivity index (χ0) is 7.72. The first-order valence-corrected chi connectivity index (χ1v) is 2.38. The molecule has 0 unspecified atom stereocenters. The summed E-state index contributed by atoms with van der Waals surface area (Å²) in [6, 6.07) is 0.610. The van der Waals surface area contributed by atoms with Crippen LogP contribution in [0.15, 0.2) is 6.07 Å². The number of nitrogen functional groups attached to an aromatic ring is 1. The molecule has 54 valence electrons. The number of nitrogens with zero attached hydrogens (tertiary/aromatic N) is 1. The summed E-state index contributed by atoms with van der Waals surface area (Å²) < 4.78 is 36.2. The summed E-state index contributed by atoms with van der Waals surface area (Å²) in [7, 11) is 0. The summed E-state index contributed by atoms with van der Waals surface area (Å²) in [5.41, 5.74) is 4.87. The fourth-order valence-electron chi connectivity index (χ4n) is 0.486. The molecule has 10 heavy (non-hydrogen) atoms. The molecule has 5 heteroatoms. The number of halogens is 3. The fraction of sp³-hybridized carbons (Fsp3) is 0. The molecule has 2 nitrogen and oxygen atoms in total. The Morgan fingerprint density at radius 3 is 2.40 bits per heavy atom. The van der Waals surface area contributed by atoms with Crippen molar-refractivity contribution in [2.24, 2.45) is 0 Å². The van der Waals surface area contributed by atoms with Gasteiger partial charge in [0.15, 0.2) is 5.82 Å². The summed E-state index contributed by atoms with van der Waals surface area (Å²) in [5.74, 6) is -4.83. The van der Waals surface area contributed by atoms with Crippen LogP contribution in [0.1, 0.15) is 0 Å². The van der Waals surface area contributed by atoms with E-state index < -0.39 is 17.6 Å². The van der Waals surface area contributed by atoms with E-state index in [1.165, 1.54) is 0 Å². The summed E-state index contributed by atoms with van der Waals surface area (Å²) in [6.07, 6.45) is 0. The van der Waals surface area contributed by atoms with Crippen LogP contribution in [0.2, 0.25) is 0 Å². The molecule has 1 heterocycles. The second-order valence-corrected chi connectivity index (χ2v) is 1.63. The molecule has 0 aliphatic carbocycles. The number of pyridine rings is 1. The van der Waals surface area contributed by atoms with Crippen molar-refractivity contribution >= 4 is 5.82 Å². The zero-order valence-electron chi connectivity index (χ0n) is 4.74. The van der Waals surface area contributed by atoms with Crippen LogP contribution < -0.4 is 5.73 Å². The van der Waals surface area contributed by atoms with Gasteiger partial charge in [-0.1, -0.05) is 0 Å². The topological polar surface area (TPSA) is 38.9 Å². The summed E-state index contributed by atoms with van der Waals surface area (Å²) in [6.45, 7) is 0. The van der Waals surface area contributed by atoms with Gasteiger partial charge in [0.1, 0.15) is 5.82 Å². The van der Waals surface area contributed by atoms with Crippen LogP contribution in [0.25, 0.3) is 0 Å². The largest absolute Gasteiger partial charge is 0.384 e. The molecule has 0 atom stereocenters. The van der Waals surface area contributed by atoms with E-state index in [1.54, 1.807) is 0 Å². The predicted octanol–water partition coefficient (Wildman–Crippen LogP) is 1.08. The van der Waals surface area contributed by atoms with Crippen LogP contribution in [0.5, 0.6) is 0 Å². The maximum absolute atomic E-state index is 12.1. The molecule has 0 aromatic carbocycles. The van der Waals surface area contributed by atoms with Crippen LogP contribution in [-0.2, 0) is 0 Å². The molecule has 0 spiro atoms. The van der Waals surface area contributed by atoms with Crippen molar-refractivity contribution in [3.8, 4) is 0 Å². The van der Waals surface area contributed by atoms with Gasteiger partial charge in [-0.25, -0.2) is 9.37 Å². The molecule has 0 aliphatic heterocycles. The van der Waals surface area contributed by atoms with Crippen LogP contribution in [-0.4, -0.2) is 4.98 Å². The van der Waals surface area contributed by atoms with Crippen molar-refractivity contribution in [3.63, 3.8) is 0 Å². The van der Waals surface area contributed by atoms with E-state index in [1.807, 2.05) is 0 Å². The first kappa shape index (κ1) is 6.85. The van der Waals surface area contributed by atoms with Gasteiger partial charge in [-0.15, -0.1) is 0 Å². The third-order valence-corrected chi connectivity index (χ3v) is 0.893. The SMILES string of the molecule is Nc1cc(F)c(F)c(F)n1. The highest BCUT2D eigenvalue weighted by Crippen LogP contribution is 2.10. The van der Waals surface area contributed by atoms with E-state index in [0.717, 1.165) is 0 Å². The van der Waals surface area contributed by atoms with Gasteiger partial charge in [0.25, 0.3) is 5.95 Å². The predicted molar refractivity (Wildman–Crippen MR) is 28.5 cm³/mol. The first-order valence-electron chi connectivity index (χ1n) is 2.38. The van der Waals surface area contributed by atoms with Gasteiger partial charge in [0.2, 0.25) is 5.82 Å². The Morgan fingerprint density at radius 2 is 1.90 bits per heavy atom. The number of aromatic nitrogens is 1. The van der Waals surface area contributed by atoms with Crippen LogP contribution in [0, 0.1) is 17.6 Å². The minimum absolute atomic E-state index is 0.378. The highest BCUT2D eigenvalue weighted by Gasteiger charge is 2.09. The van der Waals surface area contributed by atoms with Crippen molar-refractivity contribution < 1.29 is 13.2 Å². The van der Waals surface area contributed by atoms with Crippen molar-refractivity contribution in [1.29, 1.82) is 0 Å². The number of rotatable bonds is 0. The van der Waals surface area contributed by atoms with Crippen molar-refractivity contribution in [1.82, 2.24) is 4.98 Å². The Bertz CT molecular complexity index is 238. The molecule has 0 saturated carbocycles. The molecule has 0 fully saturated rings. The van der Waals surface area contributed by atoms with E-state index in [-0.39, 0.29) is 5.82 Å². The molecule has 0 radical (unpaired) electrons. The minimum Gasteiger partial charge on any atom is -0.384 e. The molecular formula is C5H3F3N2. The molecule has 0 bridgehead atoms. The Balaban J connectivity index is 3.31. The minimum atomic E-state index is -1.60. The highest BCUT2D eigenvalue weighted by molar-refractivity contribution is 5.27. The van der Waals surface area contributed by atoms with Gasteiger partial charge < -0.3 is 5.73 Å². The van der Waals surface area contributed by atoms with E-state index in [2.05, 4.69) is 4.98 Å². The lowest BCUT2D eigenvalue weighted by atomic mass is 10.4. The first-order chi connectivity index (χ1) is 4.61. The molecule has 1 rings (SSSR count). The molecule has 0 aliphatic rings. The lowest BCUT2D eigenvalue weighted by molar-refractivity contribution is 0.428. The van der Waals surface area contributed by atoms with Gasteiger partial charge >= 0.3 is 0 Å². The molecule has 1 aromatic rings. The van der Waals surface area contributed by atoms with Gasteiger partial charge in [0.05, 0.1) is 0 Å². The number of anilines is 1. The van der Waals surface area contributed by atoms with E-state index in [4.69, 9.17) is 5.73 Å². The number of nitrogens with two attached hydrogens (primary N) is 1. The van der Waals surface area contributed by atoms with Gasteiger partial charge in [-0.3, -0.25) is 0 Å². The quantitative estimate of drug-likeness (QED) is 0.559. The third kappa shape index (κ3) is 1.02. The van der Waals surface area contributed by atoms with Gasteiger partial charge in [-0.05, 0) is 0 Å². The summed E-state index contributed by atoms with van der Waals surface area (Å²) in [4.78, 5) is 2.83. The molecule has 1 aromatic heterocycles. The molecule has 2 N–H and O–H groups in total. The molecule has 0 amide bonds. The Labute approximate surface area is 54.5 Å². The van der Waals surface area contributed by atoms with Crippen molar-refractivity contribution in [3.05, 3.63) is 23.6 Å². The molecule has 0 saturated heterocycles. The second kappa shape index (κ2) is 2.17. The van der Waals surface area contributed by atoms with E-state index in [0.29, 0.717) is 6.07 Å². The fourth-order valence-corrected chi connectivity index (χ4v) is 0.486. The lowest BCUT2D eigenvalue weighted by Gasteiger charge is -1.94. The summed E-state index contributed by atoms with van der Waals surface area (Å²) in [5, 5.41) is 0. The normalized spacial score (nSPS) is 9.90. The number of hydrogen-bond donors (Lipinski definition) is 1. The highest BCUT2D eigenvalue weighted by atomic mass is 19.2. The van der Waals surface area contributed by atoms with Crippen LogP contribution in [0.4, 0.5) is 19.0 Å². The van der Waals surface area contributed by atoms with Gasteiger partial charge in [-0.2, -0.15) is 8.78 Å². The maximum Gasteiger partial charge on any atom is 0.253 e. The van der Waals surface area contributed by atoms with Gasteiger partial charge in [0, 0.05) is 6.07 Å². The zero-order valence-corrected chi connectivity index (χ0v) is 4.74.